The van der Waals surface area contributed by atoms with Crippen molar-refractivity contribution in [3.8, 4) is 56.7 Å². The van der Waals surface area contributed by atoms with Gasteiger partial charge in [0.2, 0.25) is 0 Å². The van der Waals surface area contributed by atoms with Gasteiger partial charge in [0.1, 0.15) is 11.2 Å². The number of furan rings is 1. The minimum absolute atomic E-state index is 0.594. The van der Waals surface area contributed by atoms with Crippen molar-refractivity contribution in [3.05, 3.63) is 212 Å². The fourth-order valence-corrected chi connectivity index (χ4v) is 9.49. The molecule has 0 aliphatic carbocycles. The molecule has 0 unspecified atom stereocenters. The van der Waals surface area contributed by atoms with Crippen LogP contribution in [-0.2, 0) is 0 Å². The first-order chi connectivity index (χ1) is 31.2. The first kappa shape index (κ1) is 35.2. The molecule has 4 aromatic heterocycles. The Balaban J connectivity index is 0.930. The van der Waals surface area contributed by atoms with Gasteiger partial charge in [-0.25, -0.2) is 15.0 Å². The molecule has 0 fully saturated rings. The SMILES string of the molecule is c1ccc(-c2nc(-c3ccccc3)nc(-c3ccc4c(c3)oc3ccc(-c5ccc6c(c5)c5ccccc5n6-c5cccc6c5c5ccccc5n6-c5ccccc5)cc34)n2)cc1. The number of hydrogen-bond donors (Lipinski definition) is 0. The smallest absolute Gasteiger partial charge is 0.164 e. The highest BCUT2D eigenvalue weighted by atomic mass is 16.3. The number of para-hydroxylation sites is 3. The summed E-state index contributed by atoms with van der Waals surface area (Å²) in [5.41, 5.74) is 13.6. The Labute approximate surface area is 361 Å². The van der Waals surface area contributed by atoms with Crippen molar-refractivity contribution in [1.82, 2.24) is 24.1 Å². The third kappa shape index (κ3) is 5.62. The molecule has 13 rings (SSSR count). The van der Waals surface area contributed by atoms with E-state index in [1.54, 1.807) is 0 Å². The number of benzene rings is 9. The van der Waals surface area contributed by atoms with Crippen LogP contribution in [0.1, 0.15) is 0 Å². The largest absolute Gasteiger partial charge is 0.456 e. The van der Waals surface area contributed by atoms with E-state index in [2.05, 4.69) is 155 Å². The molecule has 0 aliphatic heterocycles. The molecule has 0 amide bonds. The average Bonchev–Trinajstić information content (AvgIpc) is 4.01. The first-order valence-electron chi connectivity index (χ1n) is 21.2. The van der Waals surface area contributed by atoms with Crippen molar-refractivity contribution in [3.63, 3.8) is 0 Å². The summed E-state index contributed by atoms with van der Waals surface area (Å²) in [6.45, 7) is 0. The van der Waals surface area contributed by atoms with Gasteiger partial charge < -0.3 is 13.6 Å². The topological polar surface area (TPSA) is 61.7 Å². The maximum absolute atomic E-state index is 6.53. The highest BCUT2D eigenvalue weighted by Crippen LogP contribution is 2.42. The number of fused-ring (bicyclic) bond motifs is 9. The Morgan fingerprint density at radius 1 is 0.302 bits per heavy atom. The lowest BCUT2D eigenvalue weighted by atomic mass is 10.0. The minimum Gasteiger partial charge on any atom is -0.456 e. The third-order valence-electron chi connectivity index (χ3n) is 12.4. The standard InChI is InChI=1S/C57H35N5O/c1-4-15-36(16-5-1)55-58-56(37-17-6-2-7-18-37)60-57(59-55)40-27-30-43-46-34-39(29-32-52(46)63-53(43)35-40)38-28-31-49-45(33-38)42-21-10-12-23-47(42)62(49)51-26-14-25-50-54(51)44-22-11-13-24-48(44)61(50)41-19-8-3-9-20-41/h1-35H. The minimum atomic E-state index is 0.594. The number of hydrogen-bond acceptors (Lipinski definition) is 4. The van der Waals surface area contributed by atoms with E-state index in [4.69, 9.17) is 19.4 Å². The summed E-state index contributed by atoms with van der Waals surface area (Å²) in [5.74, 6) is 1.85. The van der Waals surface area contributed by atoms with Crippen molar-refractivity contribution in [2.24, 2.45) is 0 Å². The van der Waals surface area contributed by atoms with E-state index in [1.807, 2.05) is 66.7 Å². The maximum Gasteiger partial charge on any atom is 0.164 e. The van der Waals surface area contributed by atoms with E-state index in [0.29, 0.717) is 17.5 Å². The van der Waals surface area contributed by atoms with Crippen LogP contribution in [-0.4, -0.2) is 24.1 Å². The number of aromatic nitrogens is 5. The van der Waals surface area contributed by atoms with Gasteiger partial charge in [-0.3, -0.25) is 0 Å². The van der Waals surface area contributed by atoms with Crippen LogP contribution in [0.4, 0.5) is 0 Å². The Hall–Kier alpha value is -8.61. The molecule has 0 atom stereocenters. The molecule has 6 heteroatoms. The van der Waals surface area contributed by atoms with Crippen molar-refractivity contribution < 1.29 is 4.42 Å². The number of nitrogens with zero attached hydrogens (tertiary/aromatic N) is 5. The highest BCUT2D eigenvalue weighted by Gasteiger charge is 2.21. The molecule has 0 bridgehead atoms. The molecule has 0 radical (unpaired) electrons. The zero-order chi connectivity index (χ0) is 41.4. The molecule has 0 N–H and O–H groups in total. The van der Waals surface area contributed by atoms with E-state index in [1.165, 1.54) is 38.1 Å². The normalized spacial score (nSPS) is 11.8. The van der Waals surface area contributed by atoms with Gasteiger partial charge >= 0.3 is 0 Å². The fraction of sp³-hybridized carbons (Fsp3) is 0. The predicted octanol–water partition coefficient (Wildman–Crippen LogP) is 14.6. The van der Waals surface area contributed by atoms with Gasteiger partial charge in [0.05, 0.1) is 27.8 Å². The van der Waals surface area contributed by atoms with Crippen molar-refractivity contribution in [2.75, 3.05) is 0 Å². The average molecular weight is 806 g/mol. The zero-order valence-corrected chi connectivity index (χ0v) is 33.9. The van der Waals surface area contributed by atoms with Crippen LogP contribution in [0, 0.1) is 0 Å². The van der Waals surface area contributed by atoms with Gasteiger partial charge in [-0.15, -0.1) is 0 Å². The van der Waals surface area contributed by atoms with Gasteiger partial charge in [-0.1, -0.05) is 140 Å². The molecule has 6 nitrogen and oxygen atoms in total. The summed E-state index contributed by atoms with van der Waals surface area (Å²) in [6, 6.07) is 74.6. The second-order valence-electron chi connectivity index (χ2n) is 16.0. The van der Waals surface area contributed by atoms with Gasteiger partial charge in [-0.2, -0.15) is 0 Å². The molecule has 13 aromatic rings. The Morgan fingerprint density at radius 3 is 1.56 bits per heavy atom. The summed E-state index contributed by atoms with van der Waals surface area (Å²) >= 11 is 0. The van der Waals surface area contributed by atoms with Crippen LogP contribution in [0.2, 0.25) is 0 Å². The summed E-state index contributed by atoms with van der Waals surface area (Å²) in [4.78, 5) is 14.8. The molecule has 0 saturated carbocycles. The molecule has 63 heavy (non-hydrogen) atoms. The van der Waals surface area contributed by atoms with E-state index >= 15 is 0 Å². The fourth-order valence-electron chi connectivity index (χ4n) is 9.49. The van der Waals surface area contributed by atoms with Gasteiger partial charge in [0.15, 0.2) is 17.5 Å². The molecule has 0 spiro atoms. The predicted molar refractivity (Wildman–Crippen MR) is 258 cm³/mol. The lowest BCUT2D eigenvalue weighted by Gasteiger charge is -2.12. The molecular weight excluding hydrogens is 771 g/mol. The van der Waals surface area contributed by atoms with Crippen LogP contribution in [0.3, 0.4) is 0 Å². The van der Waals surface area contributed by atoms with E-state index < -0.39 is 0 Å². The monoisotopic (exact) mass is 805 g/mol. The maximum atomic E-state index is 6.53. The lowest BCUT2D eigenvalue weighted by Crippen LogP contribution is -2.00. The van der Waals surface area contributed by atoms with E-state index in [9.17, 15) is 0 Å². The zero-order valence-electron chi connectivity index (χ0n) is 33.9. The quantitative estimate of drug-likeness (QED) is 0.168. The molecule has 0 aliphatic rings. The summed E-state index contributed by atoms with van der Waals surface area (Å²) in [5, 5.41) is 6.97. The summed E-state index contributed by atoms with van der Waals surface area (Å²) in [6.07, 6.45) is 0. The summed E-state index contributed by atoms with van der Waals surface area (Å²) < 4.78 is 11.4. The van der Waals surface area contributed by atoms with Crippen LogP contribution in [0.5, 0.6) is 0 Å². The number of rotatable bonds is 6. The third-order valence-corrected chi connectivity index (χ3v) is 12.4. The molecular formula is C57H35N5O. The lowest BCUT2D eigenvalue weighted by molar-refractivity contribution is 0.669. The first-order valence-corrected chi connectivity index (χ1v) is 21.2. The second-order valence-corrected chi connectivity index (χ2v) is 16.0. The van der Waals surface area contributed by atoms with Crippen molar-refractivity contribution in [2.45, 2.75) is 0 Å². The van der Waals surface area contributed by atoms with Crippen molar-refractivity contribution >= 4 is 65.6 Å². The second kappa shape index (κ2) is 14.0. The van der Waals surface area contributed by atoms with Crippen LogP contribution in [0.25, 0.3) is 122 Å². The summed E-state index contributed by atoms with van der Waals surface area (Å²) in [7, 11) is 0. The van der Waals surface area contributed by atoms with Gasteiger partial charge in [0.25, 0.3) is 0 Å². The Bertz CT molecular complexity index is 3850. The van der Waals surface area contributed by atoms with Gasteiger partial charge in [0, 0.05) is 54.7 Å². The van der Waals surface area contributed by atoms with Crippen LogP contribution >= 0.6 is 0 Å². The molecule has 9 aromatic carbocycles. The molecule has 4 heterocycles. The Kier molecular flexibility index (Phi) is 7.80. The highest BCUT2D eigenvalue weighted by molar-refractivity contribution is 6.17. The van der Waals surface area contributed by atoms with Gasteiger partial charge in [-0.05, 0) is 83.9 Å². The van der Waals surface area contributed by atoms with Crippen molar-refractivity contribution in [1.29, 1.82) is 0 Å². The van der Waals surface area contributed by atoms with E-state index in [0.717, 1.165) is 66.6 Å². The van der Waals surface area contributed by atoms with E-state index in [-0.39, 0.29) is 0 Å². The Morgan fingerprint density at radius 2 is 0.841 bits per heavy atom. The molecule has 0 saturated heterocycles. The van der Waals surface area contributed by atoms with Crippen LogP contribution in [0.15, 0.2) is 217 Å². The van der Waals surface area contributed by atoms with Crippen LogP contribution < -0.4 is 0 Å². The molecule has 294 valence electrons.